The molecule has 206 valence electrons. The van der Waals surface area contributed by atoms with Crippen LogP contribution in [0, 0.1) is 5.92 Å². The minimum atomic E-state index is -1.06. The number of thiol groups is 1. The minimum Gasteiger partial charge on any atom is -0.508 e. The maximum Gasteiger partial charge on any atom is 0.408 e. The van der Waals surface area contributed by atoms with Gasteiger partial charge in [0.05, 0.1) is 0 Å². The monoisotopic (exact) mass is 549 g/mol. The van der Waals surface area contributed by atoms with Crippen LogP contribution in [0.3, 0.4) is 0 Å². The second-order valence-electron chi connectivity index (χ2n) is 11.0. The van der Waals surface area contributed by atoms with Crippen LogP contribution >= 0.6 is 12.6 Å². The molecule has 1 aliphatic carbocycles. The highest BCUT2D eigenvalue weighted by atomic mass is 32.1. The first-order chi connectivity index (χ1) is 18.5. The highest BCUT2D eigenvalue weighted by molar-refractivity contribution is 7.80. The third kappa shape index (κ3) is 7.03. The average molecular weight is 550 g/mol. The fourth-order valence-electron chi connectivity index (χ4n) is 4.60. The Balaban J connectivity index is 1.69. The lowest BCUT2D eigenvalue weighted by molar-refractivity contribution is -0.141. The highest BCUT2D eigenvalue weighted by Crippen LogP contribution is 2.41. The lowest BCUT2D eigenvalue weighted by atomic mass is 10.0. The Morgan fingerprint density at radius 3 is 2.36 bits per heavy atom. The zero-order chi connectivity index (χ0) is 28.3. The number of hydrogen-bond acceptors (Lipinski definition) is 6. The topological polar surface area (TPSA) is 108 Å². The number of rotatable bonds is 8. The van der Waals surface area contributed by atoms with Crippen molar-refractivity contribution in [3.63, 3.8) is 0 Å². The molecule has 0 saturated heterocycles. The van der Waals surface area contributed by atoms with E-state index in [4.69, 9.17) is 4.74 Å². The molecule has 1 saturated carbocycles. The van der Waals surface area contributed by atoms with Gasteiger partial charge in [-0.15, -0.1) is 0 Å². The van der Waals surface area contributed by atoms with Gasteiger partial charge in [0, 0.05) is 17.5 Å². The summed E-state index contributed by atoms with van der Waals surface area (Å²) in [7, 11) is 0. The Hall–Kier alpha value is -3.72. The molecule has 9 heteroatoms. The number of amides is 3. The first-order valence-corrected chi connectivity index (χ1v) is 13.6. The largest absolute Gasteiger partial charge is 0.508 e. The summed E-state index contributed by atoms with van der Waals surface area (Å²) >= 11 is 4.33. The van der Waals surface area contributed by atoms with Crippen molar-refractivity contribution >= 4 is 47.0 Å². The summed E-state index contributed by atoms with van der Waals surface area (Å²) in [6, 6.07) is 17.4. The molecular weight excluding hydrogens is 514 g/mol. The van der Waals surface area contributed by atoms with Gasteiger partial charge in [-0.2, -0.15) is 12.6 Å². The number of fused-ring (bicyclic) bond motifs is 1. The van der Waals surface area contributed by atoms with E-state index in [-0.39, 0.29) is 23.5 Å². The standard InChI is InChI=1S/C30H35N3O5S/c1-18-14-25(18)33(28(36)24(17-39)32-29(37)38-30(2,3)4)26(21-10-7-11-23(34)16-21)27(35)31-22-13-12-19-8-5-6-9-20(19)15-22/h5-13,15-16,18,24-26,34,39H,14,17H2,1-4H3,(H,31,35)(H,32,37). The predicted molar refractivity (Wildman–Crippen MR) is 155 cm³/mol. The Bertz CT molecular complexity index is 1370. The molecular formula is C30H35N3O5S. The number of carbonyl (C=O) groups excluding carboxylic acids is 3. The van der Waals surface area contributed by atoms with E-state index in [1.165, 1.54) is 17.0 Å². The van der Waals surface area contributed by atoms with Gasteiger partial charge in [0.15, 0.2) is 0 Å². The van der Waals surface area contributed by atoms with Gasteiger partial charge >= 0.3 is 6.09 Å². The maximum absolute atomic E-state index is 14.0. The van der Waals surface area contributed by atoms with Crippen LogP contribution < -0.4 is 10.6 Å². The van der Waals surface area contributed by atoms with Crippen LogP contribution in [0.1, 0.15) is 45.7 Å². The molecule has 0 aliphatic heterocycles. The second kappa shape index (κ2) is 11.6. The van der Waals surface area contributed by atoms with Crippen molar-refractivity contribution < 1.29 is 24.2 Å². The summed E-state index contributed by atoms with van der Waals surface area (Å²) in [6.45, 7) is 7.20. The Morgan fingerprint density at radius 2 is 1.74 bits per heavy atom. The second-order valence-corrected chi connectivity index (χ2v) is 11.3. The molecule has 0 spiro atoms. The van der Waals surface area contributed by atoms with Gasteiger partial charge in [-0.05, 0) is 73.7 Å². The van der Waals surface area contributed by atoms with Gasteiger partial charge < -0.3 is 25.4 Å². The molecule has 4 atom stereocenters. The number of nitrogens with one attached hydrogen (secondary N) is 2. The molecule has 39 heavy (non-hydrogen) atoms. The zero-order valence-corrected chi connectivity index (χ0v) is 23.4. The van der Waals surface area contributed by atoms with E-state index in [9.17, 15) is 19.5 Å². The number of aromatic hydroxyl groups is 1. The quantitative estimate of drug-likeness (QED) is 0.286. The van der Waals surface area contributed by atoms with Crippen LogP contribution in [-0.2, 0) is 14.3 Å². The maximum atomic E-state index is 14.0. The summed E-state index contributed by atoms with van der Waals surface area (Å²) in [4.78, 5) is 42.0. The Labute approximate surface area is 234 Å². The van der Waals surface area contributed by atoms with Crippen LogP contribution in [0.2, 0.25) is 0 Å². The highest BCUT2D eigenvalue weighted by Gasteiger charge is 2.48. The van der Waals surface area contributed by atoms with Crippen molar-refractivity contribution in [2.24, 2.45) is 5.92 Å². The molecule has 0 radical (unpaired) electrons. The summed E-state index contributed by atoms with van der Waals surface area (Å²) in [5.41, 5.74) is 0.289. The molecule has 1 aliphatic rings. The van der Waals surface area contributed by atoms with E-state index >= 15 is 0 Å². The van der Waals surface area contributed by atoms with Crippen LogP contribution in [0.4, 0.5) is 10.5 Å². The molecule has 0 aromatic heterocycles. The number of carbonyl (C=O) groups is 3. The Kier molecular flexibility index (Phi) is 8.39. The molecule has 1 fully saturated rings. The third-order valence-electron chi connectivity index (χ3n) is 6.58. The molecule has 4 rings (SSSR count). The SMILES string of the molecule is CC1CC1N(C(=O)C(CS)NC(=O)OC(C)(C)C)C(C(=O)Nc1ccc2ccccc2c1)c1cccc(O)c1. The van der Waals surface area contributed by atoms with Crippen molar-refractivity contribution in [1.29, 1.82) is 0 Å². The van der Waals surface area contributed by atoms with E-state index < -0.39 is 35.6 Å². The average Bonchev–Trinajstić information content (AvgIpc) is 3.59. The number of alkyl carbamates (subject to hydrolysis) is 1. The minimum absolute atomic E-state index is 0.00866. The molecule has 3 N–H and O–H groups in total. The van der Waals surface area contributed by atoms with Crippen LogP contribution in [0.15, 0.2) is 66.7 Å². The summed E-state index contributed by atoms with van der Waals surface area (Å²) in [6.07, 6.45) is -0.0380. The summed E-state index contributed by atoms with van der Waals surface area (Å²) in [5.74, 6) is -0.741. The van der Waals surface area contributed by atoms with Gasteiger partial charge in [0.1, 0.15) is 23.4 Å². The van der Waals surface area contributed by atoms with Crippen molar-refractivity contribution in [2.45, 2.75) is 57.8 Å². The lowest BCUT2D eigenvalue weighted by Crippen LogP contribution is -2.54. The first kappa shape index (κ1) is 28.3. The van der Waals surface area contributed by atoms with Crippen molar-refractivity contribution in [3.8, 4) is 5.75 Å². The van der Waals surface area contributed by atoms with Gasteiger partial charge in [-0.25, -0.2) is 4.79 Å². The smallest absolute Gasteiger partial charge is 0.408 e. The third-order valence-corrected chi connectivity index (χ3v) is 6.95. The molecule has 4 unspecified atom stereocenters. The van der Waals surface area contributed by atoms with E-state index in [0.717, 1.165) is 10.8 Å². The summed E-state index contributed by atoms with van der Waals surface area (Å²) in [5, 5.41) is 17.8. The van der Waals surface area contributed by atoms with E-state index in [1.54, 1.807) is 32.9 Å². The molecule has 0 heterocycles. The van der Waals surface area contributed by atoms with E-state index in [0.29, 0.717) is 17.7 Å². The number of phenols is 1. The van der Waals surface area contributed by atoms with Crippen LogP contribution in [0.25, 0.3) is 10.8 Å². The van der Waals surface area contributed by atoms with Crippen LogP contribution in [0.5, 0.6) is 5.75 Å². The number of anilines is 1. The number of benzene rings is 3. The van der Waals surface area contributed by atoms with Crippen LogP contribution in [-0.4, -0.2) is 51.4 Å². The molecule has 8 nitrogen and oxygen atoms in total. The zero-order valence-electron chi connectivity index (χ0n) is 22.5. The van der Waals surface area contributed by atoms with Gasteiger partial charge in [0.2, 0.25) is 5.91 Å². The van der Waals surface area contributed by atoms with Gasteiger partial charge in [0.25, 0.3) is 5.91 Å². The number of phenolic OH excluding ortho intramolecular Hbond substituents is 1. The van der Waals surface area contributed by atoms with Gasteiger partial charge in [-0.1, -0.05) is 49.4 Å². The molecule has 3 amide bonds. The van der Waals surface area contributed by atoms with E-state index in [1.807, 2.05) is 49.4 Å². The van der Waals surface area contributed by atoms with Gasteiger partial charge in [-0.3, -0.25) is 9.59 Å². The van der Waals surface area contributed by atoms with Crippen molar-refractivity contribution in [3.05, 3.63) is 72.3 Å². The van der Waals surface area contributed by atoms with Crippen molar-refractivity contribution in [1.82, 2.24) is 10.2 Å². The van der Waals surface area contributed by atoms with E-state index in [2.05, 4.69) is 23.3 Å². The number of hydrogen-bond donors (Lipinski definition) is 4. The predicted octanol–water partition coefficient (Wildman–Crippen LogP) is 5.29. The normalized spacial score (nSPS) is 18.1. The molecule has 3 aromatic carbocycles. The Morgan fingerprint density at radius 1 is 1.05 bits per heavy atom. The first-order valence-electron chi connectivity index (χ1n) is 13.0. The number of nitrogens with zero attached hydrogens (tertiary/aromatic N) is 1. The van der Waals surface area contributed by atoms with Crippen molar-refractivity contribution in [2.75, 3.05) is 11.1 Å². The number of ether oxygens (including phenoxy) is 1. The molecule has 0 bridgehead atoms. The lowest BCUT2D eigenvalue weighted by Gasteiger charge is -2.34. The summed E-state index contributed by atoms with van der Waals surface area (Å²) < 4.78 is 5.35. The molecule has 3 aromatic rings. The fourth-order valence-corrected chi connectivity index (χ4v) is 4.85. The fraction of sp³-hybridized carbons (Fsp3) is 0.367.